The minimum absolute atomic E-state index is 0.0586. The lowest BCUT2D eigenvalue weighted by molar-refractivity contribution is -0.137. The third-order valence-corrected chi connectivity index (χ3v) is 5.47. The van der Waals surface area contributed by atoms with Gasteiger partial charge in [-0.25, -0.2) is 4.79 Å². The van der Waals surface area contributed by atoms with Crippen molar-refractivity contribution in [2.45, 2.75) is 24.7 Å². The molecule has 0 aromatic carbocycles. The molecule has 4 rings (SSSR count). The molecule has 9 nitrogen and oxygen atoms in total. The largest absolute Gasteiger partial charge is 0.449 e. The quantitative estimate of drug-likeness (QED) is 0.411. The van der Waals surface area contributed by atoms with Gasteiger partial charge in [0.25, 0.3) is 0 Å². The van der Waals surface area contributed by atoms with Crippen molar-refractivity contribution in [3.8, 4) is 0 Å². The number of hydrogen-bond acceptors (Lipinski definition) is 8. The molecule has 0 saturated carbocycles. The van der Waals surface area contributed by atoms with E-state index in [0.717, 1.165) is 0 Å². The van der Waals surface area contributed by atoms with Gasteiger partial charge in [0.2, 0.25) is 11.6 Å². The second-order valence-corrected chi connectivity index (χ2v) is 6.46. The Kier molecular flexibility index (Phi) is 2.89. The molecular weight excluding hydrogens is 316 g/mol. The molecule has 0 bridgehead atoms. The number of nitrogens with zero attached hydrogens (tertiary/aromatic N) is 1. The van der Waals surface area contributed by atoms with Crippen LogP contribution in [0.5, 0.6) is 0 Å². The molecule has 0 aromatic heterocycles. The van der Waals surface area contributed by atoms with E-state index >= 15 is 0 Å². The molecule has 3 heterocycles. The van der Waals surface area contributed by atoms with Crippen molar-refractivity contribution in [1.29, 1.82) is 0 Å². The molecule has 128 valence electrons. The van der Waals surface area contributed by atoms with Crippen LogP contribution in [0.2, 0.25) is 0 Å². The van der Waals surface area contributed by atoms with Gasteiger partial charge in [0.1, 0.15) is 6.61 Å². The summed E-state index contributed by atoms with van der Waals surface area (Å²) in [5, 5.41) is 3.28. The second kappa shape index (κ2) is 4.58. The molecule has 0 aromatic rings. The summed E-state index contributed by atoms with van der Waals surface area (Å²) in [6.45, 7) is 1.92. The number of ether oxygens (including phenoxy) is 2. The molecule has 2 saturated heterocycles. The highest BCUT2D eigenvalue weighted by atomic mass is 16.6. The fourth-order valence-corrected chi connectivity index (χ4v) is 4.31. The number of hydrogen-bond donors (Lipinski definition) is 3. The van der Waals surface area contributed by atoms with Gasteiger partial charge in [0.15, 0.2) is 5.72 Å². The molecule has 1 aliphatic carbocycles. The number of allylic oxidation sites excluding steroid dienone is 2. The van der Waals surface area contributed by atoms with Crippen molar-refractivity contribution in [2.75, 3.05) is 20.3 Å². The third-order valence-electron chi connectivity index (χ3n) is 5.47. The van der Waals surface area contributed by atoms with Crippen LogP contribution < -0.4 is 16.8 Å². The fraction of sp³-hybridized carbons (Fsp3) is 0.533. The Balaban J connectivity index is 1.85. The molecular formula is C15H18N4O5. The molecule has 3 aliphatic heterocycles. The Morgan fingerprint density at radius 1 is 1.42 bits per heavy atom. The van der Waals surface area contributed by atoms with E-state index in [4.69, 9.17) is 20.9 Å². The number of fused-ring (bicyclic) bond motifs is 4. The van der Waals surface area contributed by atoms with E-state index in [2.05, 4.69) is 5.32 Å². The van der Waals surface area contributed by atoms with Crippen LogP contribution in [0.15, 0.2) is 22.5 Å². The van der Waals surface area contributed by atoms with Crippen LogP contribution in [0.25, 0.3) is 0 Å². The molecule has 0 spiro atoms. The van der Waals surface area contributed by atoms with Gasteiger partial charge in [-0.05, 0) is 6.92 Å². The van der Waals surface area contributed by atoms with Gasteiger partial charge in [-0.15, -0.1) is 0 Å². The van der Waals surface area contributed by atoms with Crippen molar-refractivity contribution in [3.63, 3.8) is 0 Å². The molecule has 2 fully saturated rings. The van der Waals surface area contributed by atoms with Gasteiger partial charge < -0.3 is 31.2 Å². The number of piperazine rings is 1. The zero-order valence-electron chi connectivity index (χ0n) is 13.3. The van der Waals surface area contributed by atoms with Crippen LogP contribution in [0.1, 0.15) is 6.92 Å². The first-order valence-corrected chi connectivity index (χ1v) is 7.65. The molecule has 0 radical (unpaired) electrons. The van der Waals surface area contributed by atoms with Gasteiger partial charge in [-0.1, -0.05) is 0 Å². The Bertz CT molecular complexity index is 757. The minimum Gasteiger partial charge on any atom is -0.449 e. The van der Waals surface area contributed by atoms with E-state index in [9.17, 15) is 14.4 Å². The predicted octanol–water partition coefficient (Wildman–Crippen LogP) is -1.65. The van der Waals surface area contributed by atoms with E-state index in [1.807, 2.05) is 4.90 Å². The van der Waals surface area contributed by atoms with Crippen LogP contribution >= 0.6 is 0 Å². The first-order valence-electron chi connectivity index (χ1n) is 7.65. The summed E-state index contributed by atoms with van der Waals surface area (Å²) in [5.74, 6) is -1.34. The maximum Gasteiger partial charge on any atom is 0.404 e. The lowest BCUT2D eigenvalue weighted by Gasteiger charge is -2.39. The van der Waals surface area contributed by atoms with Gasteiger partial charge >= 0.3 is 6.09 Å². The van der Waals surface area contributed by atoms with E-state index in [1.54, 1.807) is 0 Å². The number of nitrogens with two attached hydrogens (primary N) is 2. The molecule has 5 N–H and O–H groups in total. The number of amides is 1. The van der Waals surface area contributed by atoms with Crippen molar-refractivity contribution in [3.05, 3.63) is 22.5 Å². The molecule has 9 heteroatoms. The van der Waals surface area contributed by atoms with E-state index in [-0.39, 0.29) is 41.3 Å². The number of primary amides is 1. The summed E-state index contributed by atoms with van der Waals surface area (Å²) in [6.07, 6.45) is -0.950. The lowest BCUT2D eigenvalue weighted by Crippen LogP contribution is -2.55. The predicted molar refractivity (Wildman–Crippen MR) is 80.1 cm³/mol. The SMILES string of the molecule is CO[C@@]12[C@@H]3N[C@H]3CN1C1=C(C(=O)C(N)=C(C)C1=O)[C@@H]2COC(N)=O. The van der Waals surface area contributed by atoms with E-state index in [0.29, 0.717) is 12.2 Å². The number of rotatable bonds is 3. The van der Waals surface area contributed by atoms with Gasteiger partial charge in [0.05, 0.1) is 23.4 Å². The monoisotopic (exact) mass is 334 g/mol. The number of nitrogens with one attached hydrogen (secondary N) is 1. The number of Topliss-reactive ketones (excluding diaryl/α,β-unsaturated/α-hetero) is 2. The average molecular weight is 334 g/mol. The highest BCUT2D eigenvalue weighted by Crippen LogP contribution is 2.55. The van der Waals surface area contributed by atoms with Crippen molar-refractivity contribution in [1.82, 2.24) is 10.2 Å². The number of methoxy groups -OCH3 is 1. The standard InChI is InChI=1S/C15H18N4O5/c1-5-9(16)12(21)8-6(4-24-14(17)22)15(23-2)13-7(18-13)3-19(15)10(8)11(5)20/h6-7,13,18H,3-4,16H2,1-2H3,(H2,17,22)/t6-,7-,13+,15-/m0/s1. The summed E-state index contributed by atoms with van der Waals surface area (Å²) < 4.78 is 10.8. The summed E-state index contributed by atoms with van der Waals surface area (Å²) in [7, 11) is 1.52. The van der Waals surface area contributed by atoms with Crippen molar-refractivity contribution in [2.24, 2.45) is 17.4 Å². The zero-order valence-corrected chi connectivity index (χ0v) is 13.3. The highest BCUT2D eigenvalue weighted by molar-refractivity contribution is 6.25. The van der Waals surface area contributed by atoms with Gasteiger partial charge in [0, 0.05) is 30.8 Å². The summed E-state index contributed by atoms with van der Waals surface area (Å²) in [5.41, 5.74) is 10.7. The van der Waals surface area contributed by atoms with Crippen LogP contribution in [-0.4, -0.2) is 60.6 Å². The molecule has 4 atom stereocenters. The van der Waals surface area contributed by atoms with Crippen LogP contribution in [0.3, 0.4) is 0 Å². The highest BCUT2D eigenvalue weighted by Gasteiger charge is 2.72. The topological polar surface area (TPSA) is 147 Å². The molecule has 24 heavy (non-hydrogen) atoms. The maximum atomic E-state index is 12.8. The zero-order chi connectivity index (χ0) is 17.4. The number of carbonyl (C=O) groups is 3. The fourth-order valence-electron chi connectivity index (χ4n) is 4.31. The van der Waals surface area contributed by atoms with Crippen LogP contribution in [-0.2, 0) is 19.1 Å². The van der Waals surface area contributed by atoms with Gasteiger partial charge in [-0.2, -0.15) is 0 Å². The maximum absolute atomic E-state index is 12.8. The molecule has 1 amide bonds. The molecule has 4 aliphatic rings. The lowest BCUT2D eigenvalue weighted by atomic mass is 9.82. The molecule has 0 unspecified atom stereocenters. The van der Waals surface area contributed by atoms with Crippen molar-refractivity contribution >= 4 is 17.7 Å². The Morgan fingerprint density at radius 3 is 2.75 bits per heavy atom. The minimum atomic E-state index is -0.957. The Labute approximate surface area is 137 Å². The van der Waals surface area contributed by atoms with Crippen LogP contribution in [0.4, 0.5) is 4.79 Å². The Morgan fingerprint density at radius 2 is 2.12 bits per heavy atom. The summed E-state index contributed by atoms with van der Waals surface area (Å²) in [4.78, 5) is 38.4. The Hall–Kier alpha value is -2.39. The second-order valence-electron chi connectivity index (χ2n) is 6.46. The summed E-state index contributed by atoms with van der Waals surface area (Å²) in [6, 6.07) is 0.109. The van der Waals surface area contributed by atoms with E-state index in [1.165, 1.54) is 14.0 Å². The number of carbonyl (C=O) groups excluding carboxylic acids is 3. The van der Waals surface area contributed by atoms with Gasteiger partial charge in [-0.3, -0.25) is 9.59 Å². The smallest absolute Gasteiger partial charge is 0.404 e. The van der Waals surface area contributed by atoms with E-state index < -0.39 is 23.5 Å². The third kappa shape index (κ3) is 1.58. The summed E-state index contributed by atoms with van der Waals surface area (Å²) >= 11 is 0. The normalized spacial score (nSPS) is 36.8. The first kappa shape index (κ1) is 15.2. The van der Waals surface area contributed by atoms with Crippen molar-refractivity contribution < 1.29 is 23.9 Å². The van der Waals surface area contributed by atoms with Crippen LogP contribution in [0, 0.1) is 5.92 Å². The first-order chi connectivity index (χ1) is 11.3. The average Bonchev–Trinajstić information content (AvgIpc) is 3.16. The number of ketones is 2.